The van der Waals surface area contributed by atoms with Crippen molar-refractivity contribution in [2.75, 3.05) is 18.4 Å². The second-order valence-electron chi connectivity index (χ2n) is 5.48. The Morgan fingerprint density at radius 2 is 2.00 bits per heavy atom. The van der Waals surface area contributed by atoms with E-state index in [0.29, 0.717) is 0 Å². The molecule has 21 heavy (non-hydrogen) atoms. The third kappa shape index (κ3) is 4.29. The highest BCUT2D eigenvalue weighted by atomic mass is 16.2. The number of amides is 2. The molecule has 1 atom stereocenters. The van der Waals surface area contributed by atoms with Crippen LogP contribution in [0, 0.1) is 0 Å². The van der Waals surface area contributed by atoms with Crippen molar-refractivity contribution in [2.24, 2.45) is 5.73 Å². The van der Waals surface area contributed by atoms with Crippen LogP contribution in [0.25, 0.3) is 0 Å². The summed E-state index contributed by atoms with van der Waals surface area (Å²) in [5.74, 6) is -0.442. The number of hydrogen-bond acceptors (Lipinski definition) is 3. The number of hydrogen-bond donors (Lipinski definition) is 2. The van der Waals surface area contributed by atoms with Crippen LogP contribution < -0.4 is 11.1 Å². The monoisotopic (exact) mass is 289 g/mol. The molecule has 5 heteroatoms. The lowest BCUT2D eigenvalue weighted by molar-refractivity contribution is -0.126. The average molecular weight is 289 g/mol. The van der Waals surface area contributed by atoms with Gasteiger partial charge < -0.3 is 11.1 Å². The van der Waals surface area contributed by atoms with Crippen LogP contribution in [0.4, 0.5) is 5.69 Å². The minimum absolute atomic E-state index is 0.104. The predicted octanol–water partition coefficient (Wildman–Crippen LogP) is 1.53. The van der Waals surface area contributed by atoms with E-state index >= 15 is 0 Å². The molecule has 3 N–H and O–H groups in total. The van der Waals surface area contributed by atoms with Gasteiger partial charge in [-0.1, -0.05) is 25.5 Å². The first kappa shape index (κ1) is 15.5. The first-order chi connectivity index (χ1) is 10.1. The zero-order chi connectivity index (χ0) is 15.2. The van der Waals surface area contributed by atoms with E-state index in [2.05, 4.69) is 12.2 Å². The van der Waals surface area contributed by atoms with Crippen LogP contribution >= 0.6 is 0 Å². The Hall–Kier alpha value is -1.88. The molecular formula is C16H23N3O2. The van der Waals surface area contributed by atoms with E-state index in [4.69, 9.17) is 5.73 Å². The molecule has 114 valence electrons. The van der Waals surface area contributed by atoms with E-state index < -0.39 is 0 Å². The van der Waals surface area contributed by atoms with Gasteiger partial charge in [-0.25, -0.2) is 0 Å². The fourth-order valence-electron chi connectivity index (χ4n) is 2.71. The van der Waals surface area contributed by atoms with Gasteiger partial charge in [-0.05, 0) is 43.5 Å². The Morgan fingerprint density at radius 1 is 1.29 bits per heavy atom. The molecule has 1 heterocycles. The Bertz CT molecular complexity index is 499. The van der Waals surface area contributed by atoms with E-state index in [-0.39, 0.29) is 24.4 Å². The number of primary amides is 1. The van der Waals surface area contributed by atoms with Crippen molar-refractivity contribution in [3.63, 3.8) is 0 Å². The van der Waals surface area contributed by atoms with Crippen LogP contribution in [0.3, 0.4) is 0 Å². The topological polar surface area (TPSA) is 75.4 Å². The van der Waals surface area contributed by atoms with Gasteiger partial charge in [-0.15, -0.1) is 0 Å². The molecule has 1 aromatic rings. The number of likely N-dealkylation sites (tertiary alicyclic amines) is 1. The maximum Gasteiger partial charge on any atom is 0.238 e. The molecule has 0 unspecified atom stereocenters. The molecule has 1 aliphatic rings. The van der Waals surface area contributed by atoms with Crippen LogP contribution in [0.5, 0.6) is 0 Å². The number of nitrogens with zero attached hydrogens (tertiary/aromatic N) is 1. The van der Waals surface area contributed by atoms with Crippen LogP contribution in [-0.4, -0.2) is 35.8 Å². The van der Waals surface area contributed by atoms with E-state index in [1.54, 1.807) is 0 Å². The van der Waals surface area contributed by atoms with E-state index in [0.717, 1.165) is 37.9 Å². The molecule has 0 radical (unpaired) electrons. The van der Waals surface area contributed by atoms with E-state index in [1.807, 2.05) is 29.2 Å². The summed E-state index contributed by atoms with van der Waals surface area (Å²) in [6, 6.07) is 7.49. The van der Waals surface area contributed by atoms with Gasteiger partial charge in [-0.3, -0.25) is 14.5 Å². The summed E-state index contributed by atoms with van der Waals surface area (Å²) in [7, 11) is 0. The number of carbonyl (C=O) groups is 2. The van der Waals surface area contributed by atoms with E-state index in [1.165, 1.54) is 5.56 Å². The summed E-state index contributed by atoms with van der Waals surface area (Å²) in [4.78, 5) is 25.4. The first-order valence-corrected chi connectivity index (χ1v) is 7.52. The summed E-state index contributed by atoms with van der Waals surface area (Å²) < 4.78 is 0. The maximum atomic E-state index is 12.1. The number of nitrogens with one attached hydrogen (secondary N) is 1. The lowest BCUT2D eigenvalue weighted by Gasteiger charge is -2.32. The standard InChI is InChI=1S/C16H23N3O2/c1-2-12-6-8-13(9-7-12)18-15(20)11-19-10-4-3-5-14(19)16(17)21/h6-9,14H,2-5,10-11H2,1H3,(H2,17,21)(H,18,20)/t14-/m0/s1. The van der Waals surface area contributed by atoms with Crippen LogP contribution in [0.1, 0.15) is 31.7 Å². The lowest BCUT2D eigenvalue weighted by Crippen LogP contribution is -2.50. The van der Waals surface area contributed by atoms with Gasteiger partial charge in [0.15, 0.2) is 0 Å². The largest absolute Gasteiger partial charge is 0.368 e. The van der Waals surface area contributed by atoms with Gasteiger partial charge in [0.2, 0.25) is 11.8 Å². The fraction of sp³-hybridized carbons (Fsp3) is 0.500. The van der Waals surface area contributed by atoms with Gasteiger partial charge in [0.1, 0.15) is 0 Å². The maximum absolute atomic E-state index is 12.1. The summed E-state index contributed by atoms with van der Waals surface area (Å²) in [6.07, 6.45) is 3.71. The Balaban J connectivity index is 1.92. The molecule has 1 fully saturated rings. The number of rotatable bonds is 5. The summed E-state index contributed by atoms with van der Waals surface area (Å²) in [5, 5.41) is 2.87. The third-order valence-corrected chi connectivity index (χ3v) is 3.93. The molecule has 0 aromatic heterocycles. The molecular weight excluding hydrogens is 266 g/mol. The average Bonchev–Trinajstić information content (AvgIpc) is 2.48. The number of aryl methyl sites for hydroxylation is 1. The van der Waals surface area contributed by atoms with Crippen molar-refractivity contribution in [1.82, 2.24) is 4.90 Å². The Morgan fingerprint density at radius 3 is 2.62 bits per heavy atom. The van der Waals surface area contributed by atoms with Crippen molar-refractivity contribution in [1.29, 1.82) is 0 Å². The number of carbonyl (C=O) groups excluding carboxylic acids is 2. The number of piperidine rings is 1. The molecule has 2 rings (SSSR count). The quantitative estimate of drug-likeness (QED) is 0.863. The second-order valence-corrected chi connectivity index (χ2v) is 5.48. The minimum atomic E-state index is -0.338. The molecule has 0 spiro atoms. The Kier molecular flexibility index (Phi) is 5.33. The van der Waals surface area contributed by atoms with Gasteiger partial charge >= 0.3 is 0 Å². The highest BCUT2D eigenvalue weighted by Crippen LogP contribution is 2.17. The van der Waals surface area contributed by atoms with Crippen molar-refractivity contribution < 1.29 is 9.59 Å². The minimum Gasteiger partial charge on any atom is -0.368 e. The second kappa shape index (κ2) is 7.22. The van der Waals surface area contributed by atoms with Crippen molar-refractivity contribution in [3.8, 4) is 0 Å². The highest BCUT2D eigenvalue weighted by molar-refractivity contribution is 5.92. The number of anilines is 1. The van der Waals surface area contributed by atoms with Crippen LogP contribution in [0.2, 0.25) is 0 Å². The van der Waals surface area contributed by atoms with E-state index in [9.17, 15) is 9.59 Å². The molecule has 2 amide bonds. The third-order valence-electron chi connectivity index (χ3n) is 3.93. The van der Waals surface area contributed by atoms with Gasteiger partial charge in [-0.2, -0.15) is 0 Å². The zero-order valence-corrected chi connectivity index (χ0v) is 12.5. The van der Waals surface area contributed by atoms with Gasteiger partial charge in [0, 0.05) is 5.69 Å². The van der Waals surface area contributed by atoms with Gasteiger partial charge in [0.25, 0.3) is 0 Å². The normalized spacial score (nSPS) is 19.2. The first-order valence-electron chi connectivity index (χ1n) is 7.52. The molecule has 0 saturated carbocycles. The smallest absolute Gasteiger partial charge is 0.238 e. The zero-order valence-electron chi connectivity index (χ0n) is 12.5. The molecule has 0 bridgehead atoms. The summed E-state index contributed by atoms with van der Waals surface area (Å²) in [6.45, 7) is 3.05. The summed E-state index contributed by atoms with van der Waals surface area (Å²) in [5.41, 5.74) is 7.42. The molecule has 1 saturated heterocycles. The molecule has 1 aromatic carbocycles. The highest BCUT2D eigenvalue weighted by Gasteiger charge is 2.28. The van der Waals surface area contributed by atoms with Crippen LogP contribution in [-0.2, 0) is 16.0 Å². The lowest BCUT2D eigenvalue weighted by atomic mass is 10.0. The van der Waals surface area contributed by atoms with Crippen LogP contribution in [0.15, 0.2) is 24.3 Å². The summed E-state index contributed by atoms with van der Waals surface area (Å²) >= 11 is 0. The molecule has 1 aliphatic heterocycles. The van der Waals surface area contributed by atoms with Crippen molar-refractivity contribution in [2.45, 2.75) is 38.6 Å². The number of nitrogens with two attached hydrogens (primary N) is 1. The van der Waals surface area contributed by atoms with Crippen molar-refractivity contribution >= 4 is 17.5 Å². The number of benzene rings is 1. The predicted molar refractivity (Wildman–Crippen MR) is 82.9 cm³/mol. The van der Waals surface area contributed by atoms with Gasteiger partial charge in [0.05, 0.1) is 12.6 Å². The van der Waals surface area contributed by atoms with Crippen molar-refractivity contribution in [3.05, 3.63) is 29.8 Å². The Labute approximate surface area is 125 Å². The SMILES string of the molecule is CCc1ccc(NC(=O)CN2CCCC[C@H]2C(N)=O)cc1. The molecule has 0 aliphatic carbocycles. The molecule has 5 nitrogen and oxygen atoms in total. The fourth-order valence-corrected chi connectivity index (χ4v) is 2.71.